The number of fused-ring (bicyclic) bond motifs is 4. The summed E-state index contributed by atoms with van der Waals surface area (Å²) in [6, 6.07) is 4.40. The zero-order valence-corrected chi connectivity index (χ0v) is 13.7. The van der Waals surface area contributed by atoms with Gasteiger partial charge in [0.1, 0.15) is 5.75 Å². The third-order valence-electron chi connectivity index (χ3n) is 5.29. The zero-order valence-electron chi connectivity index (χ0n) is 13.7. The van der Waals surface area contributed by atoms with Gasteiger partial charge in [-0.3, -0.25) is 9.89 Å². The van der Waals surface area contributed by atoms with Crippen molar-refractivity contribution in [2.24, 2.45) is 11.8 Å². The molecule has 8 heteroatoms. The first-order valence-corrected chi connectivity index (χ1v) is 8.53. The van der Waals surface area contributed by atoms with Crippen LogP contribution in [0.5, 0.6) is 5.75 Å². The fraction of sp³-hybridized carbons (Fsp3) is 0.529. The molecule has 5 rings (SSSR count). The number of aromatic amines is 1. The number of carbonyl (C=O) groups excluding carboxylic acids is 1. The molecular formula is C17H20F2N4O2. The molecule has 25 heavy (non-hydrogen) atoms. The van der Waals surface area contributed by atoms with Gasteiger partial charge >= 0.3 is 6.61 Å². The Labute approximate surface area is 143 Å². The van der Waals surface area contributed by atoms with Crippen molar-refractivity contribution in [3.63, 3.8) is 0 Å². The molecule has 3 saturated heterocycles. The molecular weight excluding hydrogens is 330 g/mol. The molecule has 3 aliphatic rings. The normalized spacial score (nSPS) is 25.5. The Hall–Kier alpha value is -2.22. The summed E-state index contributed by atoms with van der Waals surface area (Å²) in [4.78, 5) is 14.9. The fourth-order valence-electron chi connectivity index (χ4n) is 3.97. The average molecular weight is 350 g/mol. The molecule has 0 saturated carbocycles. The maximum absolute atomic E-state index is 12.5. The van der Waals surface area contributed by atoms with Crippen LogP contribution < -0.4 is 10.1 Å². The number of amides is 1. The van der Waals surface area contributed by atoms with Gasteiger partial charge in [-0.15, -0.1) is 0 Å². The van der Waals surface area contributed by atoms with E-state index in [0.717, 1.165) is 6.54 Å². The summed E-state index contributed by atoms with van der Waals surface area (Å²) in [7, 11) is 0. The Morgan fingerprint density at radius 2 is 2.20 bits per heavy atom. The second-order valence-corrected chi connectivity index (χ2v) is 6.77. The molecule has 2 aromatic rings. The molecule has 1 aromatic heterocycles. The van der Waals surface area contributed by atoms with Crippen LogP contribution in [0.2, 0.25) is 0 Å². The Morgan fingerprint density at radius 3 is 2.88 bits per heavy atom. The van der Waals surface area contributed by atoms with Crippen molar-refractivity contribution in [2.75, 3.05) is 26.2 Å². The lowest BCUT2D eigenvalue weighted by molar-refractivity contribution is -0.0497. The first-order valence-electron chi connectivity index (χ1n) is 8.53. The van der Waals surface area contributed by atoms with Crippen molar-refractivity contribution >= 4 is 16.8 Å². The van der Waals surface area contributed by atoms with Crippen LogP contribution in [0.15, 0.2) is 18.2 Å². The molecule has 3 fully saturated rings. The lowest BCUT2D eigenvalue weighted by Gasteiger charge is -2.44. The van der Waals surface area contributed by atoms with Crippen molar-refractivity contribution < 1.29 is 18.3 Å². The Morgan fingerprint density at radius 1 is 1.40 bits per heavy atom. The molecule has 2 bridgehead atoms. The number of hydrogen-bond acceptors (Lipinski definition) is 4. The molecule has 0 unspecified atom stereocenters. The molecule has 1 atom stereocenters. The van der Waals surface area contributed by atoms with Crippen molar-refractivity contribution in [3.8, 4) is 5.75 Å². The van der Waals surface area contributed by atoms with Crippen LogP contribution in [0, 0.1) is 11.8 Å². The lowest BCUT2D eigenvalue weighted by Crippen LogP contribution is -2.50. The summed E-state index contributed by atoms with van der Waals surface area (Å²) in [5.41, 5.74) is 0.769. The second-order valence-electron chi connectivity index (χ2n) is 6.77. The van der Waals surface area contributed by atoms with Gasteiger partial charge in [-0.2, -0.15) is 13.9 Å². The van der Waals surface area contributed by atoms with Gasteiger partial charge in [-0.05, 0) is 49.9 Å². The van der Waals surface area contributed by atoms with Gasteiger partial charge in [0.15, 0.2) is 5.69 Å². The van der Waals surface area contributed by atoms with Gasteiger partial charge < -0.3 is 15.0 Å². The smallest absolute Gasteiger partial charge is 0.387 e. The molecule has 6 nitrogen and oxygen atoms in total. The number of carbonyl (C=O) groups is 1. The molecule has 1 amide bonds. The molecule has 0 radical (unpaired) electrons. The van der Waals surface area contributed by atoms with E-state index in [9.17, 15) is 13.6 Å². The monoisotopic (exact) mass is 350 g/mol. The number of ether oxygens (including phenoxy) is 1. The highest BCUT2D eigenvalue weighted by atomic mass is 19.3. The largest absolute Gasteiger partial charge is 0.435 e. The van der Waals surface area contributed by atoms with Gasteiger partial charge in [-0.1, -0.05) is 0 Å². The molecule has 134 valence electrons. The number of halogens is 2. The van der Waals surface area contributed by atoms with Crippen molar-refractivity contribution in [1.29, 1.82) is 0 Å². The quantitative estimate of drug-likeness (QED) is 0.868. The first-order chi connectivity index (χ1) is 12.1. The van der Waals surface area contributed by atoms with Gasteiger partial charge in [0, 0.05) is 24.5 Å². The first kappa shape index (κ1) is 16.3. The number of H-pyrrole nitrogens is 1. The van der Waals surface area contributed by atoms with Crippen LogP contribution in [0.3, 0.4) is 0 Å². The summed E-state index contributed by atoms with van der Waals surface area (Å²) in [5.74, 6) is 0.966. The van der Waals surface area contributed by atoms with Crippen molar-refractivity contribution in [1.82, 2.24) is 20.4 Å². The van der Waals surface area contributed by atoms with E-state index in [4.69, 9.17) is 0 Å². The third kappa shape index (κ3) is 3.30. The highest BCUT2D eigenvalue weighted by Gasteiger charge is 2.34. The van der Waals surface area contributed by atoms with E-state index in [1.807, 2.05) is 0 Å². The summed E-state index contributed by atoms with van der Waals surface area (Å²) in [6.45, 7) is 1.14. The molecule has 0 aliphatic carbocycles. The van der Waals surface area contributed by atoms with Gasteiger partial charge in [0.25, 0.3) is 5.91 Å². The Kier molecular flexibility index (Phi) is 4.29. The Balaban J connectivity index is 1.43. The summed E-state index contributed by atoms with van der Waals surface area (Å²) < 4.78 is 28.9. The van der Waals surface area contributed by atoms with Crippen molar-refractivity contribution in [2.45, 2.75) is 19.5 Å². The fourth-order valence-corrected chi connectivity index (χ4v) is 3.97. The van der Waals surface area contributed by atoms with E-state index in [2.05, 4.69) is 25.2 Å². The van der Waals surface area contributed by atoms with Gasteiger partial charge in [-0.25, -0.2) is 0 Å². The Bertz CT molecular complexity index is 771. The van der Waals surface area contributed by atoms with Crippen LogP contribution in [-0.2, 0) is 0 Å². The van der Waals surface area contributed by atoms with Gasteiger partial charge in [0.05, 0.1) is 5.52 Å². The predicted molar refractivity (Wildman–Crippen MR) is 87.7 cm³/mol. The van der Waals surface area contributed by atoms with Crippen LogP contribution in [-0.4, -0.2) is 53.8 Å². The molecule has 4 heterocycles. The maximum Gasteiger partial charge on any atom is 0.387 e. The molecule has 0 spiro atoms. The number of nitrogens with one attached hydrogen (secondary N) is 2. The standard InChI is InChI=1S/C17H20F2N4O2/c18-17(19)25-12-1-2-13-14(7-12)21-22-15(13)16(24)20-8-11-9-23-5-3-10(11)4-6-23/h1-2,7,10-11,17H,3-6,8-9H2,(H,20,24)(H,21,22)/t11-/m0/s1. The number of hydrogen-bond donors (Lipinski definition) is 2. The topological polar surface area (TPSA) is 70.2 Å². The van der Waals surface area contributed by atoms with E-state index < -0.39 is 6.61 Å². The number of benzene rings is 1. The number of alkyl halides is 2. The minimum Gasteiger partial charge on any atom is -0.435 e. The second kappa shape index (κ2) is 6.59. The molecule has 1 aromatic carbocycles. The van der Waals surface area contributed by atoms with Crippen LogP contribution >= 0.6 is 0 Å². The number of aromatic nitrogens is 2. The third-order valence-corrected chi connectivity index (χ3v) is 5.29. The van der Waals surface area contributed by atoms with Crippen molar-refractivity contribution in [3.05, 3.63) is 23.9 Å². The number of rotatable bonds is 5. The minimum atomic E-state index is -2.88. The number of nitrogens with zero attached hydrogens (tertiary/aromatic N) is 2. The van der Waals surface area contributed by atoms with Crippen LogP contribution in [0.1, 0.15) is 23.3 Å². The maximum atomic E-state index is 12.5. The zero-order chi connectivity index (χ0) is 17.4. The van der Waals surface area contributed by atoms with E-state index in [0.29, 0.717) is 29.3 Å². The average Bonchev–Trinajstić information content (AvgIpc) is 3.03. The predicted octanol–water partition coefficient (Wildman–Crippen LogP) is 2.24. The highest BCUT2D eigenvalue weighted by molar-refractivity contribution is 6.04. The van der Waals surface area contributed by atoms with Gasteiger partial charge in [0.2, 0.25) is 0 Å². The summed E-state index contributed by atoms with van der Waals surface area (Å²) >= 11 is 0. The van der Waals surface area contributed by atoms with E-state index in [1.165, 1.54) is 38.1 Å². The number of piperidine rings is 3. The SMILES string of the molecule is O=C(NC[C@H]1CN2CCC1CC2)c1n[nH]c2cc(OC(F)F)ccc12. The van der Waals surface area contributed by atoms with E-state index in [1.54, 1.807) is 6.07 Å². The minimum absolute atomic E-state index is 0.0328. The molecule has 2 N–H and O–H groups in total. The summed E-state index contributed by atoms with van der Waals surface area (Å²) in [5, 5.41) is 10.3. The highest BCUT2D eigenvalue weighted by Crippen LogP contribution is 2.32. The van der Waals surface area contributed by atoms with E-state index in [-0.39, 0.29) is 17.4 Å². The van der Waals surface area contributed by atoms with Crippen LogP contribution in [0.4, 0.5) is 8.78 Å². The molecule has 3 aliphatic heterocycles. The van der Waals surface area contributed by atoms with Crippen LogP contribution in [0.25, 0.3) is 10.9 Å². The van der Waals surface area contributed by atoms with E-state index >= 15 is 0 Å². The summed E-state index contributed by atoms with van der Waals surface area (Å²) in [6.07, 6.45) is 2.41. The lowest BCUT2D eigenvalue weighted by atomic mass is 9.79.